The van der Waals surface area contributed by atoms with E-state index in [-0.39, 0.29) is 23.5 Å². The number of benzene rings is 2. The van der Waals surface area contributed by atoms with Gasteiger partial charge < -0.3 is 19.4 Å². The Morgan fingerprint density at radius 3 is 2.74 bits per heavy atom. The van der Waals surface area contributed by atoms with E-state index in [1.54, 1.807) is 10.6 Å². The fourth-order valence-electron chi connectivity index (χ4n) is 3.67. The minimum atomic E-state index is -0.636. The van der Waals surface area contributed by atoms with Gasteiger partial charge in [-0.3, -0.25) is 14.7 Å². The Labute approximate surface area is 177 Å². The van der Waals surface area contributed by atoms with Crippen molar-refractivity contribution in [2.24, 2.45) is 0 Å². The predicted molar refractivity (Wildman–Crippen MR) is 114 cm³/mol. The maximum Gasteiger partial charge on any atom is 0.338 e. The second-order valence-electron chi connectivity index (χ2n) is 7.15. The van der Waals surface area contributed by atoms with Crippen LogP contribution in [0.3, 0.4) is 0 Å². The molecule has 0 spiro atoms. The van der Waals surface area contributed by atoms with Crippen LogP contribution in [0.2, 0.25) is 0 Å². The second kappa shape index (κ2) is 9.00. The van der Waals surface area contributed by atoms with Gasteiger partial charge in [0.15, 0.2) is 0 Å². The highest BCUT2D eigenvalue weighted by atomic mass is 16.6. The van der Waals surface area contributed by atoms with E-state index >= 15 is 0 Å². The van der Waals surface area contributed by atoms with Crippen LogP contribution in [0.15, 0.2) is 47.3 Å². The molecule has 1 aromatic heterocycles. The molecule has 2 aromatic carbocycles. The van der Waals surface area contributed by atoms with Gasteiger partial charge in [-0.25, -0.2) is 9.59 Å². The largest absolute Gasteiger partial charge is 0.462 e. The van der Waals surface area contributed by atoms with Gasteiger partial charge in [0.1, 0.15) is 5.69 Å². The first-order chi connectivity index (χ1) is 15.0. The van der Waals surface area contributed by atoms with Crippen molar-refractivity contribution in [3.05, 3.63) is 68.6 Å². The number of ether oxygens (including phenoxy) is 2. The number of nitrogens with zero attached hydrogens (tertiary/aromatic N) is 3. The smallest absolute Gasteiger partial charge is 0.338 e. The van der Waals surface area contributed by atoms with Crippen molar-refractivity contribution in [2.45, 2.75) is 13.0 Å². The van der Waals surface area contributed by atoms with E-state index in [4.69, 9.17) is 9.47 Å². The number of para-hydroxylation sites is 2. The van der Waals surface area contributed by atoms with Crippen LogP contribution < -0.4 is 10.6 Å². The lowest BCUT2D eigenvalue weighted by molar-refractivity contribution is -0.384. The number of imidazole rings is 1. The fraction of sp³-hybridized carbons (Fsp3) is 0.333. The highest BCUT2D eigenvalue weighted by Crippen LogP contribution is 2.30. The van der Waals surface area contributed by atoms with E-state index in [2.05, 4.69) is 4.98 Å². The van der Waals surface area contributed by atoms with Crippen LogP contribution in [0.4, 0.5) is 11.4 Å². The minimum absolute atomic E-state index is 0.0871. The van der Waals surface area contributed by atoms with Gasteiger partial charge in [0, 0.05) is 25.7 Å². The quantitative estimate of drug-likeness (QED) is 0.266. The maximum absolute atomic E-state index is 12.4. The third-order valence-corrected chi connectivity index (χ3v) is 5.20. The predicted octanol–water partition coefficient (Wildman–Crippen LogP) is 2.32. The van der Waals surface area contributed by atoms with Crippen LogP contribution in [0.5, 0.6) is 0 Å². The minimum Gasteiger partial charge on any atom is -0.462 e. The molecule has 1 aliphatic heterocycles. The molecule has 0 bridgehead atoms. The molecule has 0 radical (unpaired) electrons. The van der Waals surface area contributed by atoms with Gasteiger partial charge in [0.25, 0.3) is 5.69 Å². The number of H-pyrrole nitrogens is 1. The number of carbonyl (C=O) groups is 1. The van der Waals surface area contributed by atoms with Gasteiger partial charge in [-0.05, 0) is 30.7 Å². The number of nitro benzene ring substituents is 1. The van der Waals surface area contributed by atoms with E-state index in [1.165, 1.54) is 12.1 Å². The highest BCUT2D eigenvalue weighted by molar-refractivity contribution is 5.91. The van der Waals surface area contributed by atoms with Gasteiger partial charge in [-0.2, -0.15) is 0 Å². The number of rotatable bonds is 7. The van der Waals surface area contributed by atoms with E-state index in [0.29, 0.717) is 45.0 Å². The van der Waals surface area contributed by atoms with E-state index < -0.39 is 10.9 Å². The monoisotopic (exact) mass is 426 g/mol. The zero-order valence-corrected chi connectivity index (χ0v) is 16.8. The lowest BCUT2D eigenvalue weighted by Gasteiger charge is -2.28. The second-order valence-corrected chi connectivity index (χ2v) is 7.15. The maximum atomic E-state index is 12.4. The van der Waals surface area contributed by atoms with Gasteiger partial charge in [0.2, 0.25) is 0 Å². The average molecular weight is 426 g/mol. The molecule has 1 N–H and O–H groups in total. The summed E-state index contributed by atoms with van der Waals surface area (Å²) in [4.78, 5) is 40.2. The summed E-state index contributed by atoms with van der Waals surface area (Å²) < 4.78 is 12.2. The number of aryl methyl sites for hydroxylation is 1. The van der Waals surface area contributed by atoms with Crippen LogP contribution in [0.25, 0.3) is 11.0 Å². The molecule has 0 unspecified atom stereocenters. The van der Waals surface area contributed by atoms with Crippen molar-refractivity contribution in [2.75, 3.05) is 37.8 Å². The van der Waals surface area contributed by atoms with Gasteiger partial charge in [-0.15, -0.1) is 0 Å². The Kier molecular flexibility index (Phi) is 5.99. The van der Waals surface area contributed by atoms with Crippen LogP contribution in [0.1, 0.15) is 16.8 Å². The number of aromatic nitrogens is 2. The molecule has 0 atom stereocenters. The molecule has 162 valence electrons. The van der Waals surface area contributed by atoms with Crippen molar-refractivity contribution >= 4 is 28.4 Å². The molecule has 1 fully saturated rings. The van der Waals surface area contributed by atoms with Crippen LogP contribution >= 0.6 is 0 Å². The lowest BCUT2D eigenvalue weighted by Crippen LogP contribution is -2.36. The first kappa shape index (κ1) is 20.6. The van der Waals surface area contributed by atoms with Crippen LogP contribution in [-0.4, -0.2) is 53.4 Å². The Hall–Kier alpha value is -3.66. The summed E-state index contributed by atoms with van der Waals surface area (Å²) in [6.07, 6.45) is 0.432. The first-order valence-electron chi connectivity index (χ1n) is 10.0. The summed E-state index contributed by atoms with van der Waals surface area (Å²) in [5.41, 5.74) is 1.75. The van der Waals surface area contributed by atoms with E-state index in [1.807, 2.05) is 29.2 Å². The van der Waals surface area contributed by atoms with Crippen LogP contribution in [0, 0.1) is 10.1 Å². The zero-order valence-electron chi connectivity index (χ0n) is 16.8. The molecule has 4 rings (SSSR count). The summed E-state index contributed by atoms with van der Waals surface area (Å²) >= 11 is 0. The first-order valence-corrected chi connectivity index (χ1v) is 10.0. The summed E-state index contributed by atoms with van der Waals surface area (Å²) in [6, 6.07) is 11.7. The Morgan fingerprint density at radius 2 is 1.97 bits per heavy atom. The van der Waals surface area contributed by atoms with Crippen molar-refractivity contribution in [3.8, 4) is 0 Å². The summed E-state index contributed by atoms with van der Waals surface area (Å²) in [7, 11) is 0. The average Bonchev–Trinajstić information content (AvgIpc) is 3.11. The molecule has 0 saturated carbocycles. The Balaban J connectivity index is 1.39. The van der Waals surface area contributed by atoms with Crippen molar-refractivity contribution in [1.29, 1.82) is 0 Å². The standard InChI is InChI=1S/C21H22N4O6/c26-20(31-11-3-8-24-17-5-2-1-4-16(17)22-21(24)27)15-6-7-18(19(14-15)25(28)29)23-9-12-30-13-10-23/h1-2,4-7,14H,3,8-13H2,(H,22,27). The molecule has 31 heavy (non-hydrogen) atoms. The van der Waals surface area contributed by atoms with Crippen molar-refractivity contribution < 1.29 is 19.2 Å². The van der Waals surface area contributed by atoms with Crippen LogP contribution in [-0.2, 0) is 16.0 Å². The number of morpholine rings is 1. The number of nitro groups is 1. The molecule has 0 aliphatic carbocycles. The molecular weight excluding hydrogens is 404 g/mol. The number of carbonyl (C=O) groups excluding carboxylic acids is 1. The van der Waals surface area contributed by atoms with Gasteiger partial charge >= 0.3 is 11.7 Å². The summed E-state index contributed by atoms with van der Waals surface area (Å²) in [5, 5.41) is 11.5. The number of anilines is 1. The Bertz CT molecular complexity index is 1160. The molecular formula is C21H22N4O6. The molecule has 10 nitrogen and oxygen atoms in total. The topological polar surface area (TPSA) is 120 Å². The number of nitrogens with one attached hydrogen (secondary N) is 1. The fourth-order valence-corrected chi connectivity index (χ4v) is 3.67. The van der Waals surface area contributed by atoms with E-state index in [9.17, 15) is 19.7 Å². The van der Waals surface area contributed by atoms with Crippen molar-refractivity contribution in [3.63, 3.8) is 0 Å². The van der Waals surface area contributed by atoms with Crippen molar-refractivity contribution in [1.82, 2.24) is 9.55 Å². The highest BCUT2D eigenvalue weighted by Gasteiger charge is 2.23. The number of aromatic amines is 1. The Morgan fingerprint density at radius 1 is 1.19 bits per heavy atom. The molecule has 10 heteroatoms. The number of fused-ring (bicyclic) bond motifs is 1. The molecule has 3 aromatic rings. The lowest BCUT2D eigenvalue weighted by atomic mass is 10.1. The van der Waals surface area contributed by atoms with E-state index in [0.717, 1.165) is 11.0 Å². The number of hydrogen-bond donors (Lipinski definition) is 1. The molecule has 0 amide bonds. The normalized spacial score (nSPS) is 14.0. The third kappa shape index (κ3) is 4.43. The molecule has 1 aliphatic rings. The third-order valence-electron chi connectivity index (χ3n) is 5.20. The zero-order chi connectivity index (χ0) is 21.8. The van der Waals surface area contributed by atoms with Gasteiger partial charge in [0.05, 0.1) is 41.3 Å². The van der Waals surface area contributed by atoms with Gasteiger partial charge in [-0.1, -0.05) is 12.1 Å². The number of hydrogen-bond acceptors (Lipinski definition) is 7. The summed E-state index contributed by atoms with van der Waals surface area (Å²) in [5.74, 6) is -0.636. The molecule has 2 heterocycles. The summed E-state index contributed by atoms with van der Waals surface area (Å²) in [6.45, 7) is 2.58. The molecule has 1 saturated heterocycles. The SMILES string of the molecule is O=C(OCCCn1c(=O)[nH]c2ccccc21)c1ccc(N2CCOCC2)c([N+](=O)[O-])c1. The number of esters is 1.